The summed E-state index contributed by atoms with van der Waals surface area (Å²) in [5.74, 6) is -1.07. The molecular weight excluding hydrogens is 335 g/mol. The van der Waals surface area contributed by atoms with E-state index in [1.54, 1.807) is 64.1 Å². The maximum Gasteiger partial charge on any atom is 0.345 e. The lowest BCUT2D eigenvalue weighted by Gasteiger charge is -2.20. The van der Waals surface area contributed by atoms with Crippen LogP contribution in [0.25, 0.3) is 0 Å². The number of esters is 2. The molecule has 0 spiro atoms. The first-order valence-corrected chi connectivity index (χ1v) is 6.32. The lowest BCUT2D eigenvalue weighted by molar-refractivity contribution is -0.151. The van der Waals surface area contributed by atoms with Gasteiger partial charge in [-0.3, -0.25) is 0 Å². The fourth-order valence-electron chi connectivity index (χ4n) is 0.820. The number of rotatable bonds is 2. The molecule has 0 aromatic heterocycles. The molecule has 0 atom stereocenters. The van der Waals surface area contributed by atoms with Gasteiger partial charge in [0.2, 0.25) is 0 Å². The van der Waals surface area contributed by atoms with Crippen LogP contribution in [0.3, 0.4) is 0 Å². The summed E-state index contributed by atoms with van der Waals surface area (Å²) in [5.41, 5.74) is -1.15. The quantitative estimate of drug-likeness (QED) is 0.435. The first-order chi connectivity index (χ1) is 7.41. The van der Waals surface area contributed by atoms with Crippen molar-refractivity contribution in [3.63, 3.8) is 0 Å². The molecule has 0 bridgehead atoms. The molecule has 0 rings (SSSR count). The van der Waals surface area contributed by atoms with Crippen LogP contribution in [0.1, 0.15) is 41.5 Å². The standard InChI is InChI=1S/C12H19IO4/c1-11(2,3)16-9(14)7-8(13)10(15)17-12(4,5)6/h7H,1-6H3/b8-7-. The zero-order valence-electron chi connectivity index (χ0n) is 11.1. The molecule has 0 aliphatic carbocycles. The van der Waals surface area contributed by atoms with E-state index in [1.807, 2.05) is 0 Å². The first kappa shape index (κ1) is 16.4. The molecule has 0 unspecified atom stereocenters. The first-order valence-electron chi connectivity index (χ1n) is 5.24. The Labute approximate surface area is 116 Å². The maximum atomic E-state index is 11.6. The van der Waals surface area contributed by atoms with Crippen molar-refractivity contribution in [3.05, 3.63) is 9.66 Å². The van der Waals surface area contributed by atoms with E-state index in [9.17, 15) is 9.59 Å². The topological polar surface area (TPSA) is 52.6 Å². The molecule has 4 nitrogen and oxygen atoms in total. The molecule has 0 saturated carbocycles. The Kier molecular flexibility index (Phi) is 5.64. The predicted octanol–water partition coefficient (Wildman–Crippen LogP) is 2.99. The number of ether oxygens (including phenoxy) is 2. The molecular formula is C12H19IO4. The van der Waals surface area contributed by atoms with E-state index in [-0.39, 0.29) is 3.58 Å². The average molecular weight is 354 g/mol. The third-order valence-electron chi connectivity index (χ3n) is 1.25. The van der Waals surface area contributed by atoms with E-state index in [4.69, 9.17) is 9.47 Å². The van der Waals surface area contributed by atoms with E-state index in [0.717, 1.165) is 6.08 Å². The highest BCUT2D eigenvalue weighted by Gasteiger charge is 2.20. The van der Waals surface area contributed by atoms with Gasteiger partial charge in [-0.05, 0) is 64.1 Å². The van der Waals surface area contributed by atoms with Gasteiger partial charge in [-0.1, -0.05) is 0 Å². The molecule has 0 saturated heterocycles. The van der Waals surface area contributed by atoms with Gasteiger partial charge in [0, 0.05) is 6.08 Å². The third kappa shape index (κ3) is 9.14. The normalized spacial score (nSPS) is 13.2. The Morgan fingerprint density at radius 3 is 1.71 bits per heavy atom. The van der Waals surface area contributed by atoms with Crippen LogP contribution in [0.15, 0.2) is 9.66 Å². The molecule has 0 aliphatic rings. The van der Waals surface area contributed by atoms with E-state index >= 15 is 0 Å². The molecule has 5 heteroatoms. The Bertz CT molecular complexity index is 331. The van der Waals surface area contributed by atoms with Gasteiger partial charge in [-0.25, -0.2) is 9.59 Å². The molecule has 98 valence electrons. The van der Waals surface area contributed by atoms with Gasteiger partial charge in [0.25, 0.3) is 0 Å². The molecule has 0 amide bonds. The third-order valence-corrected chi connectivity index (χ3v) is 2.00. The number of halogens is 1. The minimum atomic E-state index is -0.574. The summed E-state index contributed by atoms with van der Waals surface area (Å²) < 4.78 is 10.4. The van der Waals surface area contributed by atoms with Crippen molar-refractivity contribution in [1.29, 1.82) is 0 Å². The van der Waals surface area contributed by atoms with E-state index in [2.05, 4.69) is 0 Å². The largest absolute Gasteiger partial charge is 0.457 e. The van der Waals surface area contributed by atoms with Gasteiger partial charge in [0.05, 0.1) is 0 Å². The number of hydrogen-bond donors (Lipinski definition) is 0. The molecule has 0 aromatic rings. The highest BCUT2D eigenvalue weighted by molar-refractivity contribution is 14.1. The highest BCUT2D eigenvalue weighted by atomic mass is 127. The van der Waals surface area contributed by atoms with Crippen LogP contribution in [0.2, 0.25) is 0 Å². The Hall–Kier alpha value is -0.590. The van der Waals surface area contributed by atoms with E-state index < -0.39 is 23.1 Å². The molecule has 17 heavy (non-hydrogen) atoms. The van der Waals surface area contributed by atoms with Crippen molar-refractivity contribution in [3.8, 4) is 0 Å². The SMILES string of the molecule is CC(C)(C)OC(=O)/C=C(\I)C(=O)OC(C)(C)C. The smallest absolute Gasteiger partial charge is 0.345 e. The second kappa shape index (κ2) is 5.84. The van der Waals surface area contributed by atoms with Crippen LogP contribution in [0.4, 0.5) is 0 Å². The van der Waals surface area contributed by atoms with Gasteiger partial charge in [0.15, 0.2) is 0 Å². The fraction of sp³-hybridized carbons (Fsp3) is 0.667. The zero-order valence-corrected chi connectivity index (χ0v) is 13.2. The Morgan fingerprint density at radius 2 is 1.35 bits per heavy atom. The van der Waals surface area contributed by atoms with Crippen molar-refractivity contribution in [2.45, 2.75) is 52.7 Å². The van der Waals surface area contributed by atoms with Gasteiger partial charge in [-0.15, -0.1) is 0 Å². The summed E-state index contributed by atoms with van der Waals surface area (Å²) in [7, 11) is 0. The fourth-order valence-corrected chi connectivity index (χ4v) is 1.18. The van der Waals surface area contributed by atoms with Gasteiger partial charge in [0.1, 0.15) is 14.8 Å². The minimum Gasteiger partial charge on any atom is -0.457 e. The molecule has 0 aliphatic heterocycles. The number of hydrogen-bond acceptors (Lipinski definition) is 4. The summed E-state index contributed by atoms with van der Waals surface area (Å²) >= 11 is 1.76. The van der Waals surface area contributed by atoms with Gasteiger partial charge in [-0.2, -0.15) is 0 Å². The van der Waals surface area contributed by atoms with Crippen LogP contribution >= 0.6 is 22.6 Å². The monoisotopic (exact) mass is 354 g/mol. The summed E-state index contributed by atoms with van der Waals surface area (Å²) in [4.78, 5) is 23.0. The Balaban J connectivity index is 4.55. The van der Waals surface area contributed by atoms with E-state index in [1.165, 1.54) is 0 Å². The maximum absolute atomic E-state index is 11.6. The van der Waals surface area contributed by atoms with Crippen LogP contribution < -0.4 is 0 Å². The summed E-state index contributed by atoms with van der Waals surface area (Å²) in [6.45, 7) is 10.6. The predicted molar refractivity (Wildman–Crippen MR) is 73.8 cm³/mol. The van der Waals surface area contributed by atoms with E-state index in [0.29, 0.717) is 0 Å². The average Bonchev–Trinajstić information content (AvgIpc) is 1.95. The minimum absolute atomic E-state index is 0.201. The lowest BCUT2D eigenvalue weighted by atomic mass is 10.2. The lowest BCUT2D eigenvalue weighted by Crippen LogP contribution is -2.25. The van der Waals surface area contributed by atoms with Crippen LogP contribution in [0.5, 0.6) is 0 Å². The van der Waals surface area contributed by atoms with Gasteiger partial charge >= 0.3 is 11.9 Å². The van der Waals surface area contributed by atoms with Crippen LogP contribution in [-0.4, -0.2) is 23.1 Å². The van der Waals surface area contributed by atoms with Crippen molar-refractivity contribution in [2.75, 3.05) is 0 Å². The highest BCUT2D eigenvalue weighted by Crippen LogP contribution is 2.16. The van der Waals surface area contributed by atoms with Crippen LogP contribution in [0, 0.1) is 0 Å². The summed E-state index contributed by atoms with van der Waals surface area (Å²) in [6, 6.07) is 0. The molecule has 0 heterocycles. The van der Waals surface area contributed by atoms with Crippen LogP contribution in [-0.2, 0) is 19.1 Å². The van der Waals surface area contributed by atoms with Crippen molar-refractivity contribution >= 4 is 34.5 Å². The Morgan fingerprint density at radius 1 is 0.941 bits per heavy atom. The second-order valence-electron chi connectivity index (χ2n) is 5.53. The molecule has 0 radical (unpaired) electrons. The van der Waals surface area contributed by atoms with Crippen molar-refractivity contribution in [1.82, 2.24) is 0 Å². The summed E-state index contributed by atoms with van der Waals surface area (Å²) in [6.07, 6.45) is 1.14. The molecule has 0 aromatic carbocycles. The molecule has 0 fully saturated rings. The summed E-state index contributed by atoms with van der Waals surface area (Å²) in [5, 5.41) is 0. The number of carbonyl (C=O) groups excluding carboxylic acids is 2. The van der Waals surface area contributed by atoms with Crippen molar-refractivity contribution < 1.29 is 19.1 Å². The zero-order chi connectivity index (χ0) is 13.9. The molecule has 0 N–H and O–H groups in total. The van der Waals surface area contributed by atoms with Gasteiger partial charge < -0.3 is 9.47 Å². The second-order valence-corrected chi connectivity index (χ2v) is 6.69. The van der Waals surface area contributed by atoms with Crippen molar-refractivity contribution in [2.24, 2.45) is 0 Å². The number of carbonyl (C=O) groups is 2.